The van der Waals surface area contributed by atoms with E-state index in [-0.39, 0.29) is 5.41 Å². The van der Waals surface area contributed by atoms with Crippen molar-refractivity contribution in [3.05, 3.63) is 121 Å². The summed E-state index contributed by atoms with van der Waals surface area (Å²) >= 11 is 0. The molecule has 6 aromatic rings. The molecule has 2 aromatic heterocycles. The van der Waals surface area contributed by atoms with E-state index in [2.05, 4.69) is 150 Å². The van der Waals surface area contributed by atoms with E-state index in [9.17, 15) is 0 Å². The van der Waals surface area contributed by atoms with Gasteiger partial charge in [-0.3, -0.25) is 4.98 Å². The molecule has 1 aliphatic rings. The predicted octanol–water partition coefficient (Wildman–Crippen LogP) is 9.33. The Morgan fingerprint density at radius 3 is 1.47 bits per heavy atom. The molecule has 7 rings (SSSR count). The highest BCUT2D eigenvalue weighted by Gasteiger charge is 2.35. The number of rotatable bonds is 6. The zero-order chi connectivity index (χ0) is 33.1. The van der Waals surface area contributed by atoms with Crippen LogP contribution in [-0.2, 0) is 5.41 Å². The SMILES string of the molecule is CC1(C)c2ccccc2-c2ccc(-c3cncc(-c4nc(-c5ccc([Si](C)(C)C)cc5)nc(-c5ccc([Si](C)(C)C)cc5)n4)c3)cc21. The van der Waals surface area contributed by atoms with Crippen LogP contribution in [-0.4, -0.2) is 36.1 Å². The molecule has 234 valence electrons. The van der Waals surface area contributed by atoms with Gasteiger partial charge in [0.15, 0.2) is 17.5 Å². The van der Waals surface area contributed by atoms with Gasteiger partial charge in [-0.15, -0.1) is 0 Å². The van der Waals surface area contributed by atoms with Crippen LogP contribution in [0.4, 0.5) is 0 Å². The molecule has 47 heavy (non-hydrogen) atoms. The van der Waals surface area contributed by atoms with E-state index in [1.807, 2.05) is 12.4 Å². The van der Waals surface area contributed by atoms with Crippen LogP contribution in [0.3, 0.4) is 0 Å². The standard InChI is InChI=1S/C41H42N4Si2/c1-41(2)36-12-10-9-11-34(36)35-22-17-29(24-37(35)41)30-23-31(26-42-25-30)40-44-38(27-13-18-32(19-14-27)46(3,4)5)43-39(45-40)28-15-20-33(21-16-28)47(6,7)8/h9-26H,1-8H3. The lowest BCUT2D eigenvalue weighted by Crippen LogP contribution is -2.37. The highest BCUT2D eigenvalue weighted by molar-refractivity contribution is 6.89. The number of aromatic nitrogens is 4. The molecule has 0 unspecified atom stereocenters. The second kappa shape index (κ2) is 11.3. The maximum Gasteiger partial charge on any atom is 0.165 e. The van der Waals surface area contributed by atoms with Crippen LogP contribution in [0.15, 0.2) is 109 Å². The smallest absolute Gasteiger partial charge is 0.165 e. The molecule has 0 saturated heterocycles. The normalized spacial score (nSPS) is 13.7. The molecule has 0 fully saturated rings. The summed E-state index contributed by atoms with van der Waals surface area (Å²) in [6, 6.07) is 35.3. The van der Waals surface area contributed by atoms with Gasteiger partial charge in [0, 0.05) is 40.1 Å². The Morgan fingerprint density at radius 2 is 0.915 bits per heavy atom. The van der Waals surface area contributed by atoms with Crippen molar-refractivity contribution < 1.29 is 0 Å². The summed E-state index contributed by atoms with van der Waals surface area (Å²) in [6.45, 7) is 18.8. The zero-order valence-electron chi connectivity index (χ0n) is 28.7. The fourth-order valence-corrected chi connectivity index (χ4v) is 8.94. The van der Waals surface area contributed by atoms with E-state index in [0.717, 1.165) is 27.8 Å². The largest absolute Gasteiger partial charge is 0.263 e. The summed E-state index contributed by atoms with van der Waals surface area (Å²) in [7, 11) is -2.87. The van der Waals surface area contributed by atoms with Crippen molar-refractivity contribution in [3.8, 4) is 56.4 Å². The van der Waals surface area contributed by atoms with Gasteiger partial charge in [0.05, 0.1) is 16.1 Å². The van der Waals surface area contributed by atoms with Crippen molar-refractivity contribution in [3.63, 3.8) is 0 Å². The third-order valence-electron chi connectivity index (χ3n) is 9.57. The minimum absolute atomic E-state index is 0.0684. The fourth-order valence-electron chi connectivity index (χ4n) is 6.61. The molecule has 0 amide bonds. The Morgan fingerprint density at radius 1 is 0.447 bits per heavy atom. The Bertz CT molecular complexity index is 2040. The number of nitrogens with zero attached hydrogens (tertiary/aromatic N) is 4. The number of benzene rings is 4. The van der Waals surface area contributed by atoms with Gasteiger partial charge < -0.3 is 0 Å². The average Bonchev–Trinajstić information content (AvgIpc) is 3.30. The van der Waals surface area contributed by atoms with Crippen LogP contribution in [0.25, 0.3) is 56.4 Å². The Balaban J connectivity index is 1.32. The lowest BCUT2D eigenvalue weighted by molar-refractivity contribution is 0.660. The van der Waals surface area contributed by atoms with E-state index in [4.69, 9.17) is 19.9 Å². The van der Waals surface area contributed by atoms with Gasteiger partial charge in [-0.05, 0) is 39.9 Å². The minimum atomic E-state index is -1.44. The molecule has 6 heteroatoms. The third kappa shape index (κ3) is 5.81. The van der Waals surface area contributed by atoms with Crippen LogP contribution < -0.4 is 10.4 Å². The van der Waals surface area contributed by atoms with Gasteiger partial charge in [0.2, 0.25) is 0 Å². The third-order valence-corrected chi connectivity index (χ3v) is 13.7. The minimum Gasteiger partial charge on any atom is -0.263 e. The second-order valence-electron chi connectivity index (χ2n) is 15.4. The summed E-state index contributed by atoms with van der Waals surface area (Å²) in [5.41, 5.74) is 10.3. The number of fused-ring (bicyclic) bond motifs is 3. The molecule has 0 aliphatic heterocycles. The number of pyridine rings is 1. The summed E-state index contributed by atoms with van der Waals surface area (Å²) in [5.74, 6) is 1.96. The van der Waals surface area contributed by atoms with E-state index in [1.165, 1.54) is 32.6 Å². The van der Waals surface area contributed by atoms with Crippen LogP contribution in [0.5, 0.6) is 0 Å². The van der Waals surface area contributed by atoms with Crippen LogP contribution in [0.2, 0.25) is 39.3 Å². The highest BCUT2D eigenvalue weighted by atomic mass is 28.3. The first-order chi connectivity index (χ1) is 22.3. The van der Waals surface area contributed by atoms with E-state index in [0.29, 0.717) is 17.5 Å². The first-order valence-corrected chi connectivity index (χ1v) is 23.5. The van der Waals surface area contributed by atoms with Crippen LogP contribution >= 0.6 is 0 Å². The van der Waals surface area contributed by atoms with Gasteiger partial charge in [-0.2, -0.15) is 0 Å². The van der Waals surface area contributed by atoms with Crippen molar-refractivity contribution in [1.29, 1.82) is 0 Å². The number of hydrogen-bond donors (Lipinski definition) is 0. The lowest BCUT2D eigenvalue weighted by atomic mass is 9.81. The summed E-state index contributed by atoms with van der Waals surface area (Å²) < 4.78 is 0. The molecule has 2 heterocycles. The zero-order valence-corrected chi connectivity index (χ0v) is 30.7. The summed E-state index contributed by atoms with van der Waals surface area (Å²) in [5, 5.41) is 2.82. The van der Waals surface area contributed by atoms with E-state index >= 15 is 0 Å². The topological polar surface area (TPSA) is 51.6 Å². The molecule has 0 radical (unpaired) electrons. The molecule has 4 nitrogen and oxygen atoms in total. The lowest BCUT2D eigenvalue weighted by Gasteiger charge is -2.22. The van der Waals surface area contributed by atoms with Gasteiger partial charge in [-0.1, -0.05) is 148 Å². The molecule has 0 atom stereocenters. The van der Waals surface area contributed by atoms with Crippen LogP contribution in [0, 0.1) is 0 Å². The Hall–Kier alpha value is -4.53. The number of hydrogen-bond acceptors (Lipinski definition) is 4. The maximum atomic E-state index is 5.05. The molecule has 0 saturated carbocycles. The van der Waals surface area contributed by atoms with Crippen molar-refractivity contribution in [2.75, 3.05) is 0 Å². The van der Waals surface area contributed by atoms with Gasteiger partial charge in [0.25, 0.3) is 0 Å². The van der Waals surface area contributed by atoms with Gasteiger partial charge in [-0.25, -0.2) is 15.0 Å². The molecule has 0 spiro atoms. The Labute approximate surface area is 281 Å². The fraction of sp³-hybridized carbons (Fsp3) is 0.220. The van der Waals surface area contributed by atoms with Gasteiger partial charge >= 0.3 is 0 Å². The maximum absolute atomic E-state index is 5.05. The van der Waals surface area contributed by atoms with Crippen molar-refractivity contribution >= 4 is 26.5 Å². The van der Waals surface area contributed by atoms with Crippen molar-refractivity contribution in [2.24, 2.45) is 0 Å². The van der Waals surface area contributed by atoms with E-state index < -0.39 is 16.1 Å². The molecular weight excluding hydrogens is 605 g/mol. The molecule has 0 bridgehead atoms. The molecule has 0 N–H and O–H groups in total. The van der Waals surface area contributed by atoms with Crippen molar-refractivity contribution in [1.82, 2.24) is 19.9 Å². The highest BCUT2D eigenvalue weighted by Crippen LogP contribution is 2.49. The molecule has 4 aromatic carbocycles. The monoisotopic (exact) mass is 646 g/mol. The first kappa shape index (κ1) is 31.1. The first-order valence-electron chi connectivity index (χ1n) is 16.5. The van der Waals surface area contributed by atoms with Gasteiger partial charge in [0.1, 0.15) is 0 Å². The molecule has 1 aliphatic carbocycles. The summed E-state index contributed by atoms with van der Waals surface area (Å²) in [6.07, 6.45) is 3.80. The average molecular weight is 647 g/mol. The quantitative estimate of drug-likeness (QED) is 0.169. The summed E-state index contributed by atoms with van der Waals surface area (Å²) in [4.78, 5) is 19.8. The van der Waals surface area contributed by atoms with Crippen molar-refractivity contribution in [2.45, 2.75) is 58.5 Å². The molecular formula is C41H42N4Si2. The Kier molecular flexibility index (Phi) is 7.49. The predicted molar refractivity (Wildman–Crippen MR) is 203 cm³/mol. The van der Waals surface area contributed by atoms with E-state index in [1.54, 1.807) is 0 Å². The second-order valence-corrected chi connectivity index (χ2v) is 25.5. The van der Waals surface area contributed by atoms with Crippen LogP contribution in [0.1, 0.15) is 25.0 Å².